The molecule has 1 saturated carbocycles. The first-order chi connectivity index (χ1) is 9.01. The summed E-state index contributed by atoms with van der Waals surface area (Å²) in [5.74, 6) is 0.810. The van der Waals surface area contributed by atoms with Crippen LogP contribution in [0.15, 0.2) is 14.3 Å². The minimum absolute atomic E-state index is 0.569. The van der Waals surface area contributed by atoms with Gasteiger partial charge in [-0.15, -0.1) is 11.3 Å². The summed E-state index contributed by atoms with van der Waals surface area (Å²) in [4.78, 5) is 1.40. The molecule has 1 nitrogen and oxygen atoms in total. The van der Waals surface area contributed by atoms with Gasteiger partial charge in [0.05, 0.1) is 3.79 Å². The Hall–Kier alpha value is 0.620. The van der Waals surface area contributed by atoms with Crippen molar-refractivity contribution in [2.24, 2.45) is 11.3 Å². The van der Waals surface area contributed by atoms with Gasteiger partial charge in [0.2, 0.25) is 0 Å². The average Bonchev–Trinajstić information content (AvgIpc) is 2.87. The molecule has 108 valence electrons. The van der Waals surface area contributed by atoms with E-state index in [9.17, 15) is 0 Å². The zero-order valence-corrected chi connectivity index (χ0v) is 15.8. The highest BCUT2D eigenvalue weighted by Gasteiger charge is 2.33. The lowest BCUT2D eigenvalue weighted by Gasteiger charge is -2.31. The van der Waals surface area contributed by atoms with Crippen LogP contribution >= 0.6 is 43.2 Å². The fraction of sp³-hybridized carbons (Fsp3) is 0.733. The molecule has 0 bridgehead atoms. The fourth-order valence-corrected chi connectivity index (χ4v) is 5.52. The Balaban J connectivity index is 1.85. The summed E-state index contributed by atoms with van der Waals surface area (Å²) in [5, 5.41) is 3.70. The van der Waals surface area contributed by atoms with E-state index in [4.69, 9.17) is 0 Å². The van der Waals surface area contributed by atoms with Gasteiger partial charge in [0, 0.05) is 22.4 Å². The fourth-order valence-electron chi connectivity index (χ4n) is 3.37. The third-order valence-electron chi connectivity index (χ3n) is 4.00. The quantitative estimate of drug-likeness (QED) is 0.611. The second-order valence-corrected chi connectivity index (χ2v) is 9.55. The first-order valence-corrected chi connectivity index (χ1v) is 9.55. The van der Waals surface area contributed by atoms with Gasteiger partial charge in [0.1, 0.15) is 0 Å². The molecule has 0 radical (unpaired) electrons. The van der Waals surface area contributed by atoms with Crippen molar-refractivity contribution >= 4 is 43.2 Å². The van der Waals surface area contributed by atoms with E-state index in [0.29, 0.717) is 5.41 Å². The van der Waals surface area contributed by atoms with Crippen LogP contribution in [0.3, 0.4) is 0 Å². The van der Waals surface area contributed by atoms with Gasteiger partial charge in [-0.05, 0) is 68.5 Å². The maximum absolute atomic E-state index is 3.70. The summed E-state index contributed by atoms with van der Waals surface area (Å²) in [6.07, 6.45) is 7.04. The topological polar surface area (TPSA) is 12.0 Å². The van der Waals surface area contributed by atoms with Gasteiger partial charge in [0.15, 0.2) is 0 Å². The summed E-state index contributed by atoms with van der Waals surface area (Å²) in [6.45, 7) is 6.88. The van der Waals surface area contributed by atoms with E-state index in [1.807, 2.05) is 11.3 Å². The molecule has 1 N–H and O–H groups in total. The van der Waals surface area contributed by atoms with Gasteiger partial charge >= 0.3 is 0 Å². The molecule has 0 atom stereocenters. The summed E-state index contributed by atoms with van der Waals surface area (Å²) in [6, 6.07) is 2.21. The molecule has 4 heteroatoms. The standard InChI is InChI=1S/C15H23Br2NS/c1-11(2)8-15(5-3-4-6-15)10-18-9-12-7-13(16)14(17)19-12/h7,11,18H,3-6,8-10H2,1-2H3. The number of hydrogen-bond acceptors (Lipinski definition) is 2. The van der Waals surface area contributed by atoms with Crippen LogP contribution in [0.4, 0.5) is 0 Å². The van der Waals surface area contributed by atoms with Gasteiger partial charge in [-0.2, -0.15) is 0 Å². The Morgan fingerprint density at radius 2 is 2.00 bits per heavy atom. The molecule has 1 aromatic rings. The summed E-state index contributed by atoms with van der Waals surface area (Å²) in [5.41, 5.74) is 0.569. The molecule has 0 saturated heterocycles. The predicted molar refractivity (Wildman–Crippen MR) is 91.8 cm³/mol. The Morgan fingerprint density at radius 3 is 2.53 bits per heavy atom. The third-order valence-corrected chi connectivity index (χ3v) is 7.26. The van der Waals surface area contributed by atoms with Crippen LogP contribution < -0.4 is 5.32 Å². The van der Waals surface area contributed by atoms with Gasteiger partial charge in [-0.3, -0.25) is 0 Å². The average molecular weight is 409 g/mol. The van der Waals surface area contributed by atoms with Crippen LogP contribution in [0.5, 0.6) is 0 Å². The first kappa shape index (κ1) is 16.0. The second kappa shape index (κ2) is 7.06. The Kier molecular flexibility index (Phi) is 5.94. The SMILES string of the molecule is CC(C)CC1(CNCc2cc(Br)c(Br)s2)CCCC1. The minimum atomic E-state index is 0.569. The van der Waals surface area contributed by atoms with Gasteiger partial charge in [-0.1, -0.05) is 26.7 Å². The summed E-state index contributed by atoms with van der Waals surface area (Å²) in [7, 11) is 0. The Labute approximate surface area is 137 Å². The highest BCUT2D eigenvalue weighted by molar-refractivity contribution is 9.13. The van der Waals surface area contributed by atoms with E-state index in [1.165, 1.54) is 51.8 Å². The summed E-state index contributed by atoms with van der Waals surface area (Å²) >= 11 is 8.93. The van der Waals surface area contributed by atoms with Crippen LogP contribution in [-0.4, -0.2) is 6.54 Å². The van der Waals surface area contributed by atoms with Gasteiger partial charge in [-0.25, -0.2) is 0 Å². The molecule has 1 aliphatic carbocycles. The van der Waals surface area contributed by atoms with Crippen molar-refractivity contribution in [1.82, 2.24) is 5.32 Å². The normalized spacial score (nSPS) is 18.4. The van der Waals surface area contributed by atoms with Crippen LogP contribution in [0.2, 0.25) is 0 Å². The lowest BCUT2D eigenvalue weighted by molar-refractivity contribution is 0.224. The van der Waals surface area contributed by atoms with Crippen LogP contribution in [0.25, 0.3) is 0 Å². The summed E-state index contributed by atoms with van der Waals surface area (Å²) < 4.78 is 2.37. The van der Waals surface area contributed by atoms with Crippen molar-refractivity contribution in [3.63, 3.8) is 0 Å². The van der Waals surface area contributed by atoms with Crippen molar-refractivity contribution in [3.05, 3.63) is 19.2 Å². The molecule has 0 spiro atoms. The van der Waals surface area contributed by atoms with E-state index >= 15 is 0 Å². The van der Waals surface area contributed by atoms with E-state index in [2.05, 4.69) is 57.1 Å². The van der Waals surface area contributed by atoms with Crippen molar-refractivity contribution in [2.75, 3.05) is 6.54 Å². The zero-order chi connectivity index (χ0) is 13.9. The number of nitrogens with one attached hydrogen (secondary N) is 1. The number of thiophene rings is 1. The molecule has 19 heavy (non-hydrogen) atoms. The van der Waals surface area contributed by atoms with Crippen molar-refractivity contribution in [2.45, 2.75) is 52.5 Å². The number of hydrogen-bond donors (Lipinski definition) is 1. The predicted octanol–water partition coefficient (Wildman–Crippen LogP) is 5.97. The molecular weight excluding hydrogens is 386 g/mol. The molecule has 1 heterocycles. The van der Waals surface area contributed by atoms with Gasteiger partial charge in [0.25, 0.3) is 0 Å². The third kappa shape index (κ3) is 4.55. The van der Waals surface area contributed by atoms with Crippen LogP contribution in [-0.2, 0) is 6.54 Å². The van der Waals surface area contributed by atoms with E-state index in [1.54, 1.807) is 0 Å². The lowest BCUT2D eigenvalue weighted by atomic mass is 9.78. The maximum atomic E-state index is 3.70. The Morgan fingerprint density at radius 1 is 1.32 bits per heavy atom. The molecule has 1 aromatic heterocycles. The monoisotopic (exact) mass is 407 g/mol. The number of halogens is 2. The van der Waals surface area contributed by atoms with E-state index < -0.39 is 0 Å². The molecule has 0 amide bonds. The van der Waals surface area contributed by atoms with Crippen LogP contribution in [0.1, 0.15) is 50.8 Å². The van der Waals surface area contributed by atoms with Crippen molar-refractivity contribution < 1.29 is 0 Å². The highest BCUT2D eigenvalue weighted by atomic mass is 79.9. The van der Waals surface area contributed by atoms with E-state index in [0.717, 1.165) is 12.5 Å². The highest BCUT2D eigenvalue weighted by Crippen LogP contribution is 2.42. The van der Waals surface area contributed by atoms with Crippen molar-refractivity contribution in [1.29, 1.82) is 0 Å². The minimum Gasteiger partial charge on any atom is -0.311 e. The van der Waals surface area contributed by atoms with Crippen LogP contribution in [0, 0.1) is 11.3 Å². The molecule has 1 aliphatic rings. The molecule has 0 aliphatic heterocycles. The van der Waals surface area contributed by atoms with Gasteiger partial charge < -0.3 is 5.32 Å². The first-order valence-electron chi connectivity index (χ1n) is 7.15. The van der Waals surface area contributed by atoms with E-state index in [-0.39, 0.29) is 0 Å². The maximum Gasteiger partial charge on any atom is 0.0843 e. The molecule has 0 aromatic carbocycles. The second-order valence-electron chi connectivity index (χ2n) is 6.24. The number of rotatable bonds is 6. The lowest BCUT2D eigenvalue weighted by Crippen LogP contribution is -2.32. The Bertz CT molecular complexity index is 389. The largest absolute Gasteiger partial charge is 0.311 e. The molecular formula is C15H23Br2NS. The molecule has 2 rings (SSSR count). The zero-order valence-electron chi connectivity index (χ0n) is 11.8. The smallest absolute Gasteiger partial charge is 0.0843 e. The molecule has 0 unspecified atom stereocenters. The molecule has 1 fully saturated rings. The van der Waals surface area contributed by atoms with Crippen molar-refractivity contribution in [3.8, 4) is 0 Å².